The molecule has 0 atom stereocenters. The van der Waals surface area contributed by atoms with Crippen LogP contribution in [0.15, 0.2) is 59.9 Å². The van der Waals surface area contributed by atoms with E-state index in [1.807, 2.05) is 19.3 Å². The number of pyridine rings is 2. The van der Waals surface area contributed by atoms with Crippen molar-refractivity contribution in [2.24, 2.45) is 14.1 Å². The molecule has 0 unspecified atom stereocenters. The summed E-state index contributed by atoms with van der Waals surface area (Å²) in [4.78, 5) is 37.1. The number of ether oxygens (including phenoxy) is 1. The monoisotopic (exact) mass is 432 g/mol. The number of hydrogen-bond acceptors (Lipinski definition) is 8. The van der Waals surface area contributed by atoms with Crippen LogP contribution in [0, 0.1) is 6.92 Å². The smallest absolute Gasteiger partial charge is 0.266 e. The molecule has 11 nitrogen and oxygen atoms in total. The number of nitrogens with zero attached hydrogens (tertiary/aromatic N) is 6. The minimum atomic E-state index is -0.585. The number of amides is 1. The van der Waals surface area contributed by atoms with Gasteiger partial charge in [0.1, 0.15) is 34.5 Å². The third kappa shape index (κ3) is 4.61. The summed E-state index contributed by atoms with van der Waals surface area (Å²) >= 11 is 0. The highest BCUT2D eigenvalue weighted by Gasteiger charge is 2.14. The molecular weight excluding hydrogens is 412 g/mol. The Bertz CT molecular complexity index is 1330. The van der Waals surface area contributed by atoms with Gasteiger partial charge in [-0.25, -0.2) is 15.0 Å². The van der Waals surface area contributed by atoms with Gasteiger partial charge in [0.25, 0.3) is 11.5 Å². The predicted molar refractivity (Wildman–Crippen MR) is 117 cm³/mol. The van der Waals surface area contributed by atoms with E-state index in [9.17, 15) is 9.59 Å². The van der Waals surface area contributed by atoms with Gasteiger partial charge in [-0.1, -0.05) is 0 Å². The standard InChI is InChI=1S/C21H20N8O3/c1-13-23-12-16(21(31)29(13)3)20(30)26-17-5-4-15(11-24-17)32-14-6-8-22-19(10-14)25-18-7-9-28(2)27-18/h4-12H,1-3H3,(H,22,25,27)(H,24,26,30). The van der Waals surface area contributed by atoms with Gasteiger partial charge in [-0.2, -0.15) is 5.10 Å². The number of carbonyl (C=O) groups excluding carboxylic acids is 1. The van der Waals surface area contributed by atoms with Gasteiger partial charge in [-0.05, 0) is 25.1 Å². The Balaban J connectivity index is 1.42. The van der Waals surface area contributed by atoms with Crippen molar-refractivity contribution in [3.63, 3.8) is 0 Å². The van der Waals surface area contributed by atoms with Gasteiger partial charge in [0.2, 0.25) is 0 Å². The van der Waals surface area contributed by atoms with Crippen LogP contribution in [0.5, 0.6) is 11.5 Å². The minimum absolute atomic E-state index is 0.0649. The first-order valence-electron chi connectivity index (χ1n) is 9.59. The predicted octanol–water partition coefficient (Wildman–Crippen LogP) is 2.40. The maximum absolute atomic E-state index is 12.4. The van der Waals surface area contributed by atoms with Crippen molar-refractivity contribution in [2.75, 3.05) is 10.6 Å². The van der Waals surface area contributed by atoms with E-state index in [0.717, 1.165) is 0 Å². The van der Waals surface area contributed by atoms with E-state index in [4.69, 9.17) is 4.74 Å². The number of nitrogens with one attached hydrogen (secondary N) is 2. The summed E-state index contributed by atoms with van der Waals surface area (Å²) in [7, 11) is 3.39. The molecule has 1 amide bonds. The zero-order chi connectivity index (χ0) is 22.7. The molecule has 0 aliphatic rings. The van der Waals surface area contributed by atoms with Crippen LogP contribution in [0.2, 0.25) is 0 Å². The molecule has 2 N–H and O–H groups in total. The van der Waals surface area contributed by atoms with Crippen LogP contribution in [0.25, 0.3) is 0 Å². The van der Waals surface area contributed by atoms with E-state index in [-0.39, 0.29) is 11.4 Å². The Hall–Kier alpha value is -4.54. The number of aryl methyl sites for hydroxylation is 2. The molecule has 4 aromatic rings. The number of hydrogen-bond donors (Lipinski definition) is 2. The second-order valence-corrected chi connectivity index (χ2v) is 6.90. The number of carbonyl (C=O) groups is 1. The van der Waals surface area contributed by atoms with Crippen LogP contribution in [-0.4, -0.2) is 35.2 Å². The molecule has 0 radical (unpaired) electrons. The molecule has 162 valence electrons. The van der Waals surface area contributed by atoms with Crippen molar-refractivity contribution in [1.82, 2.24) is 29.3 Å². The molecule has 32 heavy (non-hydrogen) atoms. The van der Waals surface area contributed by atoms with Gasteiger partial charge in [-0.3, -0.25) is 18.8 Å². The molecule has 0 aliphatic carbocycles. The van der Waals surface area contributed by atoms with Gasteiger partial charge >= 0.3 is 0 Å². The summed E-state index contributed by atoms with van der Waals surface area (Å²) in [6, 6.07) is 8.49. The molecule has 0 spiro atoms. The van der Waals surface area contributed by atoms with Crippen molar-refractivity contribution < 1.29 is 9.53 Å². The van der Waals surface area contributed by atoms with Gasteiger partial charge in [-0.15, -0.1) is 0 Å². The zero-order valence-corrected chi connectivity index (χ0v) is 17.6. The highest BCUT2D eigenvalue weighted by Crippen LogP contribution is 2.24. The fourth-order valence-electron chi connectivity index (χ4n) is 2.77. The Morgan fingerprint density at radius 1 is 0.969 bits per heavy atom. The summed E-state index contributed by atoms with van der Waals surface area (Å²) in [5, 5.41) is 9.92. The molecule has 0 bridgehead atoms. The molecule has 4 aromatic heterocycles. The zero-order valence-electron chi connectivity index (χ0n) is 17.6. The molecule has 4 heterocycles. The van der Waals surface area contributed by atoms with Crippen molar-refractivity contribution in [2.45, 2.75) is 6.92 Å². The summed E-state index contributed by atoms with van der Waals surface area (Å²) in [5.41, 5.74) is -0.493. The van der Waals surface area contributed by atoms with Crippen molar-refractivity contribution in [3.8, 4) is 11.5 Å². The SMILES string of the molecule is Cc1ncc(C(=O)Nc2ccc(Oc3ccnc(Nc4ccn(C)n4)c3)cn2)c(=O)n1C. The van der Waals surface area contributed by atoms with E-state index < -0.39 is 11.5 Å². The van der Waals surface area contributed by atoms with E-state index in [1.165, 1.54) is 17.0 Å². The second kappa shape index (κ2) is 8.68. The number of rotatable bonds is 6. The first-order valence-corrected chi connectivity index (χ1v) is 9.59. The van der Waals surface area contributed by atoms with Crippen LogP contribution >= 0.6 is 0 Å². The molecule has 4 rings (SSSR count). The lowest BCUT2D eigenvalue weighted by atomic mass is 10.3. The molecule has 0 saturated carbocycles. The molecule has 0 saturated heterocycles. The van der Waals surface area contributed by atoms with E-state index in [1.54, 1.807) is 49.1 Å². The Morgan fingerprint density at radius 2 is 1.81 bits per heavy atom. The van der Waals surface area contributed by atoms with Gasteiger partial charge in [0.05, 0.1) is 6.20 Å². The number of anilines is 3. The minimum Gasteiger partial charge on any atom is -0.456 e. The lowest BCUT2D eigenvalue weighted by molar-refractivity contribution is 0.102. The number of aromatic nitrogens is 6. The normalized spacial score (nSPS) is 10.6. The Labute approximate surface area is 182 Å². The lowest BCUT2D eigenvalue weighted by Gasteiger charge is -2.09. The van der Waals surface area contributed by atoms with E-state index in [2.05, 4.69) is 30.7 Å². The fraction of sp³-hybridized carbons (Fsp3) is 0.143. The second-order valence-electron chi connectivity index (χ2n) is 6.90. The van der Waals surface area contributed by atoms with Gasteiger partial charge < -0.3 is 15.4 Å². The molecule has 0 aliphatic heterocycles. The van der Waals surface area contributed by atoms with E-state index >= 15 is 0 Å². The van der Waals surface area contributed by atoms with E-state index in [0.29, 0.717) is 29.0 Å². The molecule has 11 heteroatoms. The van der Waals surface area contributed by atoms with Crippen LogP contribution in [0.3, 0.4) is 0 Å². The quantitative estimate of drug-likeness (QED) is 0.475. The maximum Gasteiger partial charge on any atom is 0.266 e. The molecular formula is C21H20N8O3. The average Bonchev–Trinajstić information content (AvgIpc) is 3.18. The Kier molecular flexibility index (Phi) is 5.62. The fourth-order valence-corrected chi connectivity index (χ4v) is 2.77. The van der Waals surface area contributed by atoms with Crippen molar-refractivity contribution >= 4 is 23.4 Å². The Morgan fingerprint density at radius 3 is 2.53 bits per heavy atom. The van der Waals surface area contributed by atoms with Gasteiger partial charge in [0, 0.05) is 44.8 Å². The topological polar surface area (TPSA) is 129 Å². The van der Waals surface area contributed by atoms with Crippen molar-refractivity contribution in [3.05, 3.63) is 76.9 Å². The molecule has 0 fully saturated rings. The van der Waals surface area contributed by atoms with Crippen LogP contribution < -0.4 is 20.9 Å². The third-order valence-electron chi connectivity index (χ3n) is 4.56. The summed E-state index contributed by atoms with van der Waals surface area (Å²) in [6.07, 6.45) is 6.15. The summed E-state index contributed by atoms with van der Waals surface area (Å²) in [5.74, 6) is 2.46. The third-order valence-corrected chi connectivity index (χ3v) is 4.56. The highest BCUT2D eigenvalue weighted by atomic mass is 16.5. The van der Waals surface area contributed by atoms with Gasteiger partial charge in [0.15, 0.2) is 5.82 Å². The van der Waals surface area contributed by atoms with Crippen LogP contribution in [0.1, 0.15) is 16.2 Å². The average molecular weight is 432 g/mol. The summed E-state index contributed by atoms with van der Waals surface area (Å²) < 4.78 is 8.80. The maximum atomic E-state index is 12.4. The molecule has 0 aromatic carbocycles. The first kappa shape index (κ1) is 20.7. The lowest BCUT2D eigenvalue weighted by Crippen LogP contribution is -2.29. The van der Waals surface area contributed by atoms with Crippen molar-refractivity contribution in [1.29, 1.82) is 0 Å². The highest BCUT2D eigenvalue weighted by molar-refractivity contribution is 6.03. The van der Waals surface area contributed by atoms with Crippen LogP contribution in [-0.2, 0) is 14.1 Å². The first-order chi connectivity index (χ1) is 15.4. The summed E-state index contributed by atoms with van der Waals surface area (Å²) in [6.45, 7) is 1.68. The largest absolute Gasteiger partial charge is 0.456 e. The van der Waals surface area contributed by atoms with Crippen LogP contribution in [0.4, 0.5) is 17.5 Å².